The first kappa shape index (κ1) is 13.0. The zero-order valence-corrected chi connectivity index (χ0v) is 10.8. The molecule has 0 radical (unpaired) electrons. The summed E-state index contributed by atoms with van der Waals surface area (Å²) in [6.07, 6.45) is -4.41. The van der Waals surface area contributed by atoms with E-state index in [1.54, 1.807) is 18.2 Å². The third-order valence-corrected chi connectivity index (χ3v) is 3.27. The Morgan fingerprint density at radius 3 is 2.50 bits per heavy atom. The zero-order valence-electron chi connectivity index (χ0n) is 10.0. The van der Waals surface area contributed by atoms with Crippen LogP contribution in [0.15, 0.2) is 42.5 Å². The fraction of sp³-hybridized carbons (Fsp3) is 0.0714. The molecule has 102 valence electrons. The van der Waals surface area contributed by atoms with Crippen molar-refractivity contribution in [2.45, 2.75) is 6.18 Å². The monoisotopic (exact) mass is 296 g/mol. The number of H-pyrrole nitrogens is 1. The smallest absolute Gasteiger partial charge is 0.338 e. The van der Waals surface area contributed by atoms with E-state index in [2.05, 4.69) is 9.97 Å². The van der Waals surface area contributed by atoms with Gasteiger partial charge < -0.3 is 4.98 Å². The van der Waals surface area contributed by atoms with Gasteiger partial charge in [-0.25, -0.2) is 4.98 Å². The molecule has 6 heteroatoms. The molecule has 1 N–H and O–H groups in total. The molecule has 0 fully saturated rings. The van der Waals surface area contributed by atoms with Gasteiger partial charge in [0.15, 0.2) is 0 Å². The Morgan fingerprint density at radius 1 is 1.05 bits per heavy atom. The van der Waals surface area contributed by atoms with E-state index in [9.17, 15) is 13.2 Å². The average Bonchev–Trinajstić information content (AvgIpc) is 2.81. The molecule has 0 unspecified atom stereocenters. The molecule has 0 spiro atoms. The van der Waals surface area contributed by atoms with Crippen LogP contribution < -0.4 is 0 Å². The van der Waals surface area contributed by atoms with Crippen LogP contribution in [0.3, 0.4) is 0 Å². The summed E-state index contributed by atoms with van der Waals surface area (Å²) in [7, 11) is 0. The lowest BCUT2D eigenvalue weighted by Crippen LogP contribution is -2.04. The summed E-state index contributed by atoms with van der Waals surface area (Å²) >= 11 is 5.98. The highest BCUT2D eigenvalue weighted by Gasteiger charge is 2.31. The van der Waals surface area contributed by atoms with Gasteiger partial charge in [-0.1, -0.05) is 23.7 Å². The van der Waals surface area contributed by atoms with Gasteiger partial charge in [0, 0.05) is 5.56 Å². The van der Waals surface area contributed by atoms with Gasteiger partial charge in [0.2, 0.25) is 0 Å². The molecule has 1 aromatic heterocycles. The number of imidazole rings is 1. The van der Waals surface area contributed by atoms with E-state index in [1.807, 2.05) is 6.07 Å². The van der Waals surface area contributed by atoms with Crippen molar-refractivity contribution in [2.24, 2.45) is 0 Å². The molecular weight excluding hydrogens is 289 g/mol. The maximum atomic E-state index is 12.7. The van der Waals surface area contributed by atoms with Crippen LogP contribution in [0.4, 0.5) is 13.2 Å². The molecule has 1 heterocycles. The summed E-state index contributed by atoms with van der Waals surface area (Å²) in [5.74, 6) is 0.322. The summed E-state index contributed by atoms with van der Waals surface area (Å²) in [6, 6.07) is 10.4. The van der Waals surface area contributed by atoms with Crippen molar-refractivity contribution in [3.05, 3.63) is 53.1 Å². The fourth-order valence-corrected chi connectivity index (χ4v) is 2.17. The Balaban J connectivity index is 2.17. The van der Waals surface area contributed by atoms with E-state index in [1.165, 1.54) is 6.07 Å². The lowest BCUT2D eigenvalue weighted by molar-refractivity contribution is -0.137. The van der Waals surface area contributed by atoms with Crippen LogP contribution in [0.2, 0.25) is 5.02 Å². The van der Waals surface area contributed by atoms with E-state index < -0.39 is 11.7 Å². The summed E-state index contributed by atoms with van der Waals surface area (Å²) in [4.78, 5) is 7.23. The molecule has 0 saturated carbocycles. The first-order valence-electron chi connectivity index (χ1n) is 5.77. The highest BCUT2D eigenvalue weighted by atomic mass is 35.5. The molecule has 0 saturated heterocycles. The van der Waals surface area contributed by atoms with Gasteiger partial charge in [0.1, 0.15) is 5.82 Å². The Morgan fingerprint density at radius 2 is 1.80 bits per heavy atom. The quantitative estimate of drug-likeness (QED) is 0.679. The molecule has 0 aliphatic rings. The van der Waals surface area contributed by atoms with Crippen molar-refractivity contribution in [1.82, 2.24) is 9.97 Å². The van der Waals surface area contributed by atoms with Crippen LogP contribution in [0.5, 0.6) is 0 Å². The van der Waals surface area contributed by atoms with Gasteiger partial charge in [-0.2, -0.15) is 13.2 Å². The summed E-state index contributed by atoms with van der Waals surface area (Å²) in [5, 5.41) is 0.219. The number of para-hydroxylation sites is 2. The van der Waals surface area contributed by atoms with Crippen LogP contribution in [0, 0.1) is 0 Å². The minimum Gasteiger partial charge on any atom is -0.338 e. The maximum Gasteiger partial charge on any atom is 0.416 e. The molecule has 0 amide bonds. The molecule has 0 atom stereocenters. The van der Waals surface area contributed by atoms with E-state index in [0.717, 1.165) is 17.6 Å². The molecule has 2 aromatic carbocycles. The Kier molecular flexibility index (Phi) is 2.94. The number of nitrogens with zero attached hydrogens (tertiary/aromatic N) is 1. The zero-order chi connectivity index (χ0) is 14.3. The number of hydrogen-bond donors (Lipinski definition) is 1. The van der Waals surface area contributed by atoms with Crippen molar-refractivity contribution < 1.29 is 13.2 Å². The van der Waals surface area contributed by atoms with Gasteiger partial charge in [-0.3, -0.25) is 0 Å². The van der Waals surface area contributed by atoms with Gasteiger partial charge in [0.25, 0.3) is 0 Å². The van der Waals surface area contributed by atoms with Crippen molar-refractivity contribution in [1.29, 1.82) is 0 Å². The normalized spacial score (nSPS) is 12.0. The van der Waals surface area contributed by atoms with Gasteiger partial charge in [-0.15, -0.1) is 0 Å². The number of aromatic amines is 1. The van der Waals surface area contributed by atoms with Crippen LogP contribution in [0.1, 0.15) is 5.56 Å². The highest BCUT2D eigenvalue weighted by molar-refractivity contribution is 6.33. The number of alkyl halides is 3. The third-order valence-electron chi connectivity index (χ3n) is 2.94. The van der Waals surface area contributed by atoms with E-state index >= 15 is 0 Å². The molecule has 20 heavy (non-hydrogen) atoms. The average molecular weight is 297 g/mol. The molecule has 3 aromatic rings. The minimum atomic E-state index is -4.41. The van der Waals surface area contributed by atoms with Crippen molar-refractivity contribution in [3.8, 4) is 11.4 Å². The second-order valence-electron chi connectivity index (χ2n) is 4.29. The standard InChI is InChI=1S/C14H8ClF3N2/c15-10-6-5-8(14(16,17)18)7-9(10)13-19-11-3-1-2-4-12(11)20-13/h1-7H,(H,19,20). The van der Waals surface area contributed by atoms with E-state index in [-0.39, 0.29) is 10.6 Å². The van der Waals surface area contributed by atoms with Crippen LogP contribution in [-0.4, -0.2) is 9.97 Å². The third kappa shape index (κ3) is 2.25. The highest BCUT2D eigenvalue weighted by Crippen LogP contribution is 2.35. The molecule has 0 bridgehead atoms. The predicted octanol–water partition coefficient (Wildman–Crippen LogP) is 4.90. The fourth-order valence-electron chi connectivity index (χ4n) is 1.96. The van der Waals surface area contributed by atoms with Crippen molar-refractivity contribution in [2.75, 3.05) is 0 Å². The number of rotatable bonds is 1. The lowest BCUT2D eigenvalue weighted by atomic mass is 10.1. The van der Waals surface area contributed by atoms with Gasteiger partial charge in [0.05, 0.1) is 21.6 Å². The number of hydrogen-bond acceptors (Lipinski definition) is 1. The number of benzene rings is 2. The van der Waals surface area contributed by atoms with Gasteiger partial charge in [-0.05, 0) is 30.3 Å². The van der Waals surface area contributed by atoms with Gasteiger partial charge >= 0.3 is 6.18 Å². The SMILES string of the molecule is FC(F)(F)c1ccc(Cl)c(-c2nc3ccccc3[nH]2)c1. The minimum absolute atomic E-state index is 0.219. The summed E-state index contributed by atoms with van der Waals surface area (Å²) in [5.41, 5.74) is 0.905. The Bertz CT molecular complexity index is 744. The first-order valence-corrected chi connectivity index (χ1v) is 6.15. The van der Waals surface area contributed by atoms with E-state index in [4.69, 9.17) is 11.6 Å². The van der Waals surface area contributed by atoms with Crippen LogP contribution in [0.25, 0.3) is 22.4 Å². The number of nitrogens with one attached hydrogen (secondary N) is 1. The topological polar surface area (TPSA) is 28.7 Å². The molecule has 3 rings (SSSR count). The molecule has 2 nitrogen and oxygen atoms in total. The molecule has 0 aliphatic carbocycles. The van der Waals surface area contributed by atoms with Crippen LogP contribution in [-0.2, 0) is 6.18 Å². The second kappa shape index (κ2) is 4.52. The maximum absolute atomic E-state index is 12.7. The van der Waals surface area contributed by atoms with Crippen LogP contribution >= 0.6 is 11.6 Å². The Labute approximate surface area is 117 Å². The number of fused-ring (bicyclic) bond motifs is 1. The molecule has 0 aliphatic heterocycles. The summed E-state index contributed by atoms with van der Waals surface area (Å²) < 4.78 is 38.2. The number of halogens is 4. The lowest BCUT2D eigenvalue weighted by Gasteiger charge is -2.08. The first-order chi connectivity index (χ1) is 9.45. The number of aromatic nitrogens is 2. The predicted molar refractivity (Wildman–Crippen MR) is 71.5 cm³/mol. The van der Waals surface area contributed by atoms with Crippen molar-refractivity contribution in [3.63, 3.8) is 0 Å². The molecular formula is C14H8ClF3N2. The van der Waals surface area contributed by atoms with Crippen molar-refractivity contribution >= 4 is 22.6 Å². The Hall–Kier alpha value is -2.01. The summed E-state index contributed by atoms with van der Waals surface area (Å²) in [6.45, 7) is 0. The largest absolute Gasteiger partial charge is 0.416 e. The second-order valence-corrected chi connectivity index (χ2v) is 4.70. The van der Waals surface area contributed by atoms with E-state index in [0.29, 0.717) is 11.3 Å².